The minimum Gasteiger partial charge on any atom is -0.497 e. The Bertz CT molecular complexity index is 1060. The van der Waals surface area contributed by atoms with E-state index in [0.29, 0.717) is 35.4 Å². The van der Waals surface area contributed by atoms with Crippen molar-refractivity contribution in [2.75, 3.05) is 20.8 Å². The van der Waals surface area contributed by atoms with E-state index in [2.05, 4.69) is 21.0 Å². The van der Waals surface area contributed by atoms with Gasteiger partial charge in [0.15, 0.2) is 11.5 Å². The lowest BCUT2D eigenvalue weighted by atomic mass is 10.2. The highest BCUT2D eigenvalue weighted by Crippen LogP contribution is 2.28. The van der Waals surface area contributed by atoms with Gasteiger partial charge in [-0.1, -0.05) is 5.16 Å². The third kappa shape index (κ3) is 5.75. The van der Waals surface area contributed by atoms with Gasteiger partial charge in [0.2, 0.25) is 17.6 Å². The summed E-state index contributed by atoms with van der Waals surface area (Å²) in [5, 5.41) is 3.92. The minimum absolute atomic E-state index is 0.0527. The van der Waals surface area contributed by atoms with E-state index < -0.39 is 11.8 Å². The van der Waals surface area contributed by atoms with E-state index in [1.807, 2.05) is 19.1 Å². The van der Waals surface area contributed by atoms with Gasteiger partial charge in [-0.05, 0) is 49.4 Å². The van der Waals surface area contributed by atoms with Gasteiger partial charge in [-0.15, -0.1) is 0 Å². The third-order valence-corrected chi connectivity index (χ3v) is 4.42. The van der Waals surface area contributed by atoms with Crippen LogP contribution in [0.25, 0.3) is 11.4 Å². The van der Waals surface area contributed by atoms with E-state index >= 15 is 0 Å². The molecule has 0 bridgehead atoms. The molecule has 0 saturated carbocycles. The summed E-state index contributed by atoms with van der Waals surface area (Å²) in [7, 11) is 3.07. The van der Waals surface area contributed by atoms with Crippen LogP contribution < -0.4 is 25.1 Å². The number of carbonyl (C=O) groups is 2. The molecule has 0 fully saturated rings. The maximum atomic E-state index is 12.3. The van der Waals surface area contributed by atoms with Gasteiger partial charge in [0.05, 0.1) is 20.8 Å². The Hall–Kier alpha value is -4.08. The van der Waals surface area contributed by atoms with E-state index in [1.54, 1.807) is 31.4 Å². The number of rotatable bonds is 9. The van der Waals surface area contributed by atoms with Crippen molar-refractivity contribution >= 4 is 11.8 Å². The molecule has 3 rings (SSSR count). The van der Waals surface area contributed by atoms with Crippen molar-refractivity contribution in [1.29, 1.82) is 0 Å². The first-order valence-corrected chi connectivity index (χ1v) is 9.91. The molecule has 0 aliphatic carbocycles. The van der Waals surface area contributed by atoms with Gasteiger partial charge in [0.25, 0.3) is 5.91 Å². The standard InChI is InChI=1S/C22H24N4O6/c1-4-31-17-10-7-15(13-18(17)30-3)22(28)25-24-19(27)11-12-20-23-21(26-32-20)14-5-8-16(29-2)9-6-14/h5-10,13H,4,11-12H2,1-3H3,(H,24,27)(H,25,28). The molecule has 0 spiro atoms. The number of amides is 2. The van der Waals surface area contributed by atoms with Crippen LogP contribution >= 0.6 is 0 Å². The van der Waals surface area contributed by atoms with Crippen molar-refractivity contribution in [2.24, 2.45) is 0 Å². The Balaban J connectivity index is 1.49. The van der Waals surface area contributed by atoms with Crippen LogP contribution in [-0.2, 0) is 11.2 Å². The predicted octanol–water partition coefficient (Wildman–Crippen LogP) is 2.55. The molecule has 0 aliphatic heterocycles. The fourth-order valence-corrected chi connectivity index (χ4v) is 2.78. The Morgan fingerprint density at radius 1 is 1.00 bits per heavy atom. The predicted molar refractivity (Wildman–Crippen MR) is 114 cm³/mol. The summed E-state index contributed by atoms with van der Waals surface area (Å²) in [6.45, 7) is 2.32. The van der Waals surface area contributed by atoms with Crippen molar-refractivity contribution in [3.05, 3.63) is 53.9 Å². The van der Waals surface area contributed by atoms with Crippen molar-refractivity contribution in [1.82, 2.24) is 21.0 Å². The molecular weight excluding hydrogens is 416 g/mol. The average molecular weight is 440 g/mol. The number of hydrogen-bond acceptors (Lipinski definition) is 8. The molecule has 0 radical (unpaired) electrons. The van der Waals surface area contributed by atoms with Gasteiger partial charge in [-0.25, -0.2) is 0 Å². The van der Waals surface area contributed by atoms with Gasteiger partial charge >= 0.3 is 0 Å². The van der Waals surface area contributed by atoms with Crippen LogP contribution in [0.1, 0.15) is 29.6 Å². The first-order valence-electron chi connectivity index (χ1n) is 9.91. The molecule has 3 aromatic rings. The van der Waals surface area contributed by atoms with Gasteiger partial charge in [0, 0.05) is 24.0 Å². The van der Waals surface area contributed by atoms with Gasteiger partial charge < -0.3 is 18.7 Å². The molecule has 2 N–H and O–H groups in total. The van der Waals surface area contributed by atoms with Crippen LogP contribution in [-0.4, -0.2) is 42.8 Å². The molecule has 32 heavy (non-hydrogen) atoms. The van der Waals surface area contributed by atoms with Crippen LogP contribution in [0, 0.1) is 0 Å². The van der Waals surface area contributed by atoms with Gasteiger partial charge in [0.1, 0.15) is 5.75 Å². The first-order chi connectivity index (χ1) is 15.5. The van der Waals surface area contributed by atoms with E-state index in [-0.39, 0.29) is 12.8 Å². The van der Waals surface area contributed by atoms with E-state index in [9.17, 15) is 9.59 Å². The molecule has 10 nitrogen and oxygen atoms in total. The minimum atomic E-state index is -0.487. The number of ether oxygens (including phenoxy) is 3. The van der Waals surface area contributed by atoms with Crippen molar-refractivity contribution in [2.45, 2.75) is 19.8 Å². The Morgan fingerprint density at radius 2 is 1.78 bits per heavy atom. The molecule has 0 unspecified atom stereocenters. The molecule has 168 valence electrons. The number of nitrogens with zero attached hydrogens (tertiary/aromatic N) is 2. The van der Waals surface area contributed by atoms with Crippen LogP contribution in [0.15, 0.2) is 47.0 Å². The Kier molecular flexibility index (Phi) is 7.63. The summed E-state index contributed by atoms with van der Waals surface area (Å²) < 4.78 is 21.0. The molecule has 0 saturated heterocycles. The SMILES string of the molecule is CCOc1ccc(C(=O)NNC(=O)CCc2nc(-c3ccc(OC)cc3)no2)cc1OC. The normalized spacial score (nSPS) is 10.3. The molecule has 2 aromatic carbocycles. The van der Waals surface area contributed by atoms with Crippen LogP contribution in [0.4, 0.5) is 0 Å². The lowest BCUT2D eigenvalue weighted by Crippen LogP contribution is -2.41. The van der Waals surface area contributed by atoms with Crippen molar-refractivity contribution < 1.29 is 28.3 Å². The molecule has 1 aromatic heterocycles. The molecule has 10 heteroatoms. The number of hydrazine groups is 1. The zero-order valence-corrected chi connectivity index (χ0v) is 18.0. The van der Waals surface area contributed by atoms with Crippen LogP contribution in [0.5, 0.6) is 17.2 Å². The maximum absolute atomic E-state index is 12.3. The average Bonchev–Trinajstić information content (AvgIpc) is 3.30. The monoisotopic (exact) mass is 440 g/mol. The molecule has 1 heterocycles. The first kappa shape index (κ1) is 22.6. The quantitative estimate of drug-likeness (QED) is 0.487. The second kappa shape index (κ2) is 10.8. The number of methoxy groups -OCH3 is 2. The summed E-state index contributed by atoms with van der Waals surface area (Å²) in [5.74, 6) is 1.52. The fourth-order valence-electron chi connectivity index (χ4n) is 2.78. The Morgan fingerprint density at radius 3 is 2.47 bits per heavy atom. The summed E-state index contributed by atoms with van der Waals surface area (Å²) >= 11 is 0. The highest BCUT2D eigenvalue weighted by Gasteiger charge is 2.14. The number of benzene rings is 2. The topological polar surface area (TPSA) is 125 Å². The number of carbonyl (C=O) groups excluding carboxylic acids is 2. The maximum Gasteiger partial charge on any atom is 0.269 e. The summed E-state index contributed by atoms with van der Waals surface area (Å²) in [6, 6.07) is 12.0. The second-order valence-corrected chi connectivity index (χ2v) is 6.54. The van der Waals surface area contributed by atoms with Crippen LogP contribution in [0.3, 0.4) is 0 Å². The fraction of sp³-hybridized carbons (Fsp3) is 0.273. The van der Waals surface area contributed by atoms with Gasteiger partial charge in [-0.2, -0.15) is 4.98 Å². The summed E-state index contributed by atoms with van der Waals surface area (Å²) in [5.41, 5.74) is 5.81. The molecule has 0 atom stereocenters. The van der Waals surface area contributed by atoms with E-state index in [0.717, 1.165) is 11.3 Å². The van der Waals surface area contributed by atoms with E-state index in [1.165, 1.54) is 13.2 Å². The summed E-state index contributed by atoms with van der Waals surface area (Å²) in [4.78, 5) is 28.7. The number of nitrogens with one attached hydrogen (secondary N) is 2. The smallest absolute Gasteiger partial charge is 0.269 e. The zero-order chi connectivity index (χ0) is 22.9. The van der Waals surface area contributed by atoms with Crippen molar-refractivity contribution in [3.8, 4) is 28.6 Å². The lowest BCUT2D eigenvalue weighted by Gasteiger charge is -2.11. The molecular formula is C22H24N4O6. The Labute approximate surface area is 184 Å². The number of hydrogen-bond donors (Lipinski definition) is 2. The second-order valence-electron chi connectivity index (χ2n) is 6.54. The number of aromatic nitrogens is 2. The summed E-state index contributed by atoms with van der Waals surface area (Å²) in [6.07, 6.45) is 0.277. The van der Waals surface area contributed by atoms with Gasteiger partial charge in [-0.3, -0.25) is 20.4 Å². The highest BCUT2D eigenvalue weighted by atomic mass is 16.5. The lowest BCUT2D eigenvalue weighted by molar-refractivity contribution is -0.121. The van der Waals surface area contributed by atoms with Crippen molar-refractivity contribution in [3.63, 3.8) is 0 Å². The zero-order valence-electron chi connectivity index (χ0n) is 18.0. The highest BCUT2D eigenvalue weighted by molar-refractivity contribution is 5.96. The number of aryl methyl sites for hydroxylation is 1. The molecule has 2 amide bonds. The largest absolute Gasteiger partial charge is 0.497 e. The van der Waals surface area contributed by atoms with Crippen LogP contribution in [0.2, 0.25) is 0 Å². The van der Waals surface area contributed by atoms with E-state index in [4.69, 9.17) is 18.7 Å². The molecule has 0 aliphatic rings. The third-order valence-electron chi connectivity index (χ3n) is 4.42.